The number of halogens is 2. The Morgan fingerprint density at radius 3 is 2.75 bits per heavy atom. The van der Waals surface area contributed by atoms with E-state index in [1.165, 1.54) is 13.2 Å². The second kappa shape index (κ2) is 6.51. The molecule has 0 amide bonds. The Morgan fingerprint density at radius 2 is 2.15 bits per heavy atom. The van der Waals surface area contributed by atoms with Crippen molar-refractivity contribution >= 4 is 17.0 Å². The van der Waals surface area contributed by atoms with E-state index >= 15 is 0 Å². The summed E-state index contributed by atoms with van der Waals surface area (Å²) in [5.74, 6) is 0.275. The number of methoxy groups -OCH3 is 1. The Bertz CT molecular complexity index is 575. The zero-order valence-corrected chi connectivity index (χ0v) is 11.8. The zero-order chi connectivity index (χ0) is 14.5. The van der Waals surface area contributed by atoms with Gasteiger partial charge in [0.1, 0.15) is 0 Å². The zero-order valence-electron chi connectivity index (χ0n) is 11.0. The first-order valence-corrected chi connectivity index (χ1v) is 6.68. The van der Waals surface area contributed by atoms with E-state index in [-0.39, 0.29) is 11.5 Å². The second-order valence-corrected chi connectivity index (χ2v) is 5.26. The molecular weight excluding hydrogens is 286 g/mol. The molecule has 2 rings (SSSR count). The highest BCUT2D eigenvalue weighted by Crippen LogP contribution is 2.31. The third-order valence-electron chi connectivity index (χ3n) is 2.52. The molecule has 1 aromatic carbocycles. The van der Waals surface area contributed by atoms with Gasteiger partial charge < -0.3 is 14.8 Å². The lowest BCUT2D eigenvalue weighted by atomic mass is 10.2. The topological polar surface area (TPSA) is 43.4 Å². The minimum Gasteiger partial charge on any atom is -0.493 e. The second-order valence-electron chi connectivity index (χ2n) is 3.94. The molecule has 0 aliphatic heterocycles. The number of ether oxygens (including phenoxy) is 2. The molecule has 0 spiro atoms. The molecule has 7 heteroatoms. The lowest BCUT2D eigenvalue weighted by Gasteiger charge is -2.12. The lowest BCUT2D eigenvalue weighted by Crippen LogP contribution is -2.04. The van der Waals surface area contributed by atoms with Crippen LogP contribution < -0.4 is 14.8 Å². The molecule has 0 aliphatic rings. The summed E-state index contributed by atoms with van der Waals surface area (Å²) in [5, 5.41) is 4.11. The molecule has 0 radical (unpaired) electrons. The maximum atomic E-state index is 12.3. The average Bonchev–Trinajstić information content (AvgIpc) is 2.82. The predicted molar refractivity (Wildman–Crippen MR) is 73.8 cm³/mol. The fraction of sp³-hybridized carbons (Fsp3) is 0.308. The molecule has 1 aromatic heterocycles. The van der Waals surface area contributed by atoms with Gasteiger partial charge in [-0.2, -0.15) is 8.78 Å². The monoisotopic (exact) mass is 300 g/mol. The molecule has 2 aromatic rings. The van der Waals surface area contributed by atoms with E-state index in [4.69, 9.17) is 4.74 Å². The molecule has 0 aliphatic carbocycles. The summed E-state index contributed by atoms with van der Waals surface area (Å²) in [6.45, 7) is -0.384. The molecular formula is C13H14F2N2O2S. The first kappa shape index (κ1) is 14.5. The number of aryl methyl sites for hydroxylation is 1. The van der Waals surface area contributed by atoms with Gasteiger partial charge in [-0.25, -0.2) is 4.98 Å². The van der Waals surface area contributed by atoms with Gasteiger partial charge in [-0.15, -0.1) is 11.3 Å². The van der Waals surface area contributed by atoms with E-state index in [9.17, 15) is 8.78 Å². The number of anilines is 1. The van der Waals surface area contributed by atoms with E-state index in [0.29, 0.717) is 12.2 Å². The molecule has 0 saturated heterocycles. The van der Waals surface area contributed by atoms with Crippen LogP contribution in [0.4, 0.5) is 14.5 Å². The quantitative estimate of drug-likeness (QED) is 0.884. The highest BCUT2D eigenvalue weighted by atomic mass is 32.1. The highest BCUT2D eigenvalue weighted by Gasteiger charge is 2.11. The summed E-state index contributed by atoms with van der Waals surface area (Å²) in [5.41, 5.74) is 0.674. The van der Waals surface area contributed by atoms with Crippen molar-refractivity contribution in [2.75, 3.05) is 12.4 Å². The third-order valence-corrected chi connectivity index (χ3v) is 3.43. The molecule has 0 fully saturated rings. The van der Waals surface area contributed by atoms with Crippen LogP contribution >= 0.6 is 11.3 Å². The molecule has 1 N–H and O–H groups in total. The van der Waals surface area contributed by atoms with Crippen LogP contribution in [0.1, 0.15) is 9.88 Å². The van der Waals surface area contributed by atoms with Gasteiger partial charge in [-0.05, 0) is 19.1 Å². The number of nitrogens with one attached hydrogen (secondary N) is 1. The van der Waals surface area contributed by atoms with Crippen molar-refractivity contribution in [1.29, 1.82) is 0 Å². The van der Waals surface area contributed by atoms with Crippen LogP contribution in [0.5, 0.6) is 11.5 Å². The Kier molecular flexibility index (Phi) is 4.73. The Morgan fingerprint density at radius 1 is 1.35 bits per heavy atom. The Labute approximate surface area is 119 Å². The van der Waals surface area contributed by atoms with Crippen molar-refractivity contribution < 1.29 is 18.3 Å². The van der Waals surface area contributed by atoms with Gasteiger partial charge in [-0.3, -0.25) is 0 Å². The standard InChI is InChI=1S/C13H14F2N2O2S/c1-8-16-6-10(20-8)7-17-9-3-4-11(18-2)12(5-9)19-13(14)15/h3-6,13,17H,7H2,1-2H3. The summed E-state index contributed by atoms with van der Waals surface area (Å²) in [6, 6.07) is 4.81. The lowest BCUT2D eigenvalue weighted by molar-refractivity contribution is -0.0511. The van der Waals surface area contributed by atoms with Gasteiger partial charge in [0.2, 0.25) is 0 Å². The molecule has 20 heavy (non-hydrogen) atoms. The van der Waals surface area contributed by atoms with Crippen molar-refractivity contribution in [3.8, 4) is 11.5 Å². The van der Waals surface area contributed by atoms with E-state index in [0.717, 1.165) is 9.88 Å². The van der Waals surface area contributed by atoms with Gasteiger partial charge in [0.25, 0.3) is 0 Å². The van der Waals surface area contributed by atoms with Crippen LogP contribution in [0.15, 0.2) is 24.4 Å². The molecule has 4 nitrogen and oxygen atoms in total. The summed E-state index contributed by atoms with van der Waals surface area (Å²) in [7, 11) is 1.40. The van der Waals surface area contributed by atoms with Gasteiger partial charge >= 0.3 is 6.61 Å². The van der Waals surface area contributed by atoms with Crippen molar-refractivity contribution in [1.82, 2.24) is 4.98 Å². The molecule has 0 bridgehead atoms. The first-order valence-electron chi connectivity index (χ1n) is 5.86. The fourth-order valence-corrected chi connectivity index (χ4v) is 2.39. The van der Waals surface area contributed by atoms with Crippen LogP contribution in [0.25, 0.3) is 0 Å². The summed E-state index contributed by atoms with van der Waals surface area (Å²) in [6.07, 6.45) is 1.78. The summed E-state index contributed by atoms with van der Waals surface area (Å²) in [4.78, 5) is 5.21. The number of aromatic nitrogens is 1. The Hall–Kier alpha value is -1.89. The van der Waals surface area contributed by atoms with Crippen molar-refractivity contribution in [2.24, 2.45) is 0 Å². The van der Waals surface area contributed by atoms with Gasteiger partial charge in [0.15, 0.2) is 11.5 Å². The van der Waals surface area contributed by atoms with Crippen molar-refractivity contribution in [3.63, 3.8) is 0 Å². The van der Waals surface area contributed by atoms with Crippen LogP contribution in [0, 0.1) is 6.92 Å². The number of thiazole rings is 1. The molecule has 0 atom stereocenters. The normalized spacial score (nSPS) is 10.7. The number of alkyl halides is 2. The summed E-state index contributed by atoms with van der Waals surface area (Å²) >= 11 is 1.58. The van der Waals surface area contributed by atoms with Gasteiger partial charge in [0.05, 0.1) is 18.7 Å². The number of nitrogens with zero attached hydrogens (tertiary/aromatic N) is 1. The van der Waals surface area contributed by atoms with Crippen molar-refractivity contribution in [3.05, 3.63) is 34.3 Å². The number of benzene rings is 1. The minimum atomic E-state index is -2.89. The molecule has 1 heterocycles. The molecule has 0 unspecified atom stereocenters. The smallest absolute Gasteiger partial charge is 0.387 e. The van der Waals surface area contributed by atoms with Crippen LogP contribution in [-0.4, -0.2) is 18.7 Å². The van der Waals surface area contributed by atoms with E-state index in [1.54, 1.807) is 29.7 Å². The maximum absolute atomic E-state index is 12.3. The highest BCUT2D eigenvalue weighted by molar-refractivity contribution is 7.11. The number of hydrogen-bond donors (Lipinski definition) is 1. The van der Waals surface area contributed by atoms with Gasteiger partial charge in [-0.1, -0.05) is 0 Å². The van der Waals surface area contributed by atoms with Crippen LogP contribution in [0.3, 0.4) is 0 Å². The first-order chi connectivity index (χ1) is 9.58. The van der Waals surface area contributed by atoms with Gasteiger partial charge in [0, 0.05) is 22.8 Å². The predicted octanol–water partition coefficient (Wildman–Crippen LogP) is 3.67. The van der Waals surface area contributed by atoms with E-state index < -0.39 is 6.61 Å². The largest absolute Gasteiger partial charge is 0.493 e. The molecule has 108 valence electrons. The van der Waals surface area contributed by atoms with E-state index in [2.05, 4.69) is 15.0 Å². The van der Waals surface area contributed by atoms with Crippen molar-refractivity contribution in [2.45, 2.75) is 20.1 Å². The average molecular weight is 300 g/mol. The fourth-order valence-electron chi connectivity index (χ4n) is 1.65. The molecule has 0 saturated carbocycles. The maximum Gasteiger partial charge on any atom is 0.387 e. The number of hydrogen-bond acceptors (Lipinski definition) is 5. The number of rotatable bonds is 6. The SMILES string of the molecule is COc1ccc(NCc2cnc(C)s2)cc1OC(F)F. The van der Waals surface area contributed by atoms with Crippen LogP contribution in [-0.2, 0) is 6.54 Å². The van der Waals surface area contributed by atoms with E-state index in [1.807, 2.05) is 6.92 Å². The third kappa shape index (κ3) is 3.80. The minimum absolute atomic E-state index is 0.00739. The Balaban J connectivity index is 2.07. The summed E-state index contributed by atoms with van der Waals surface area (Å²) < 4.78 is 34.0. The van der Waals surface area contributed by atoms with Crippen LogP contribution in [0.2, 0.25) is 0 Å².